The Morgan fingerprint density at radius 2 is 1.81 bits per heavy atom. The molecule has 1 N–H and O–H groups in total. The predicted octanol–water partition coefficient (Wildman–Crippen LogP) is 3.84. The Morgan fingerprint density at radius 3 is 2.48 bits per heavy atom. The van der Waals surface area contributed by atoms with Gasteiger partial charge in [0.2, 0.25) is 0 Å². The summed E-state index contributed by atoms with van der Waals surface area (Å²) in [5, 5.41) is 3.92. The summed E-state index contributed by atoms with van der Waals surface area (Å²) in [5.74, 6) is 0.507. The van der Waals surface area contributed by atoms with E-state index in [1.807, 2.05) is 29.2 Å². The maximum atomic E-state index is 12.4. The molecule has 0 aromatic heterocycles. The normalized spacial score (nSPS) is 14.0. The van der Waals surface area contributed by atoms with Crippen LogP contribution in [0.1, 0.15) is 10.4 Å². The van der Waals surface area contributed by atoms with Gasteiger partial charge < -0.3 is 14.5 Å². The smallest absolute Gasteiger partial charge is 0.258 e. The third-order valence-corrected chi connectivity index (χ3v) is 5.30. The van der Waals surface area contributed by atoms with E-state index in [1.165, 1.54) is 6.07 Å². The van der Waals surface area contributed by atoms with E-state index < -0.39 is 0 Å². The van der Waals surface area contributed by atoms with Crippen LogP contribution in [0.15, 0.2) is 42.5 Å². The minimum absolute atomic E-state index is 0.295. The first-order valence-corrected chi connectivity index (χ1v) is 9.59. The van der Waals surface area contributed by atoms with Crippen molar-refractivity contribution >= 4 is 52.1 Å². The summed E-state index contributed by atoms with van der Waals surface area (Å²) in [6.07, 6.45) is 0. The third kappa shape index (κ3) is 4.64. The first-order chi connectivity index (χ1) is 13.0. The zero-order valence-corrected chi connectivity index (χ0v) is 17.1. The van der Waals surface area contributed by atoms with E-state index in [4.69, 9.17) is 40.2 Å². The van der Waals surface area contributed by atoms with Crippen LogP contribution in [0, 0.1) is 0 Å². The highest BCUT2D eigenvalue weighted by molar-refractivity contribution is 7.80. The zero-order valence-electron chi connectivity index (χ0n) is 14.7. The van der Waals surface area contributed by atoms with Crippen molar-refractivity contribution in [3.63, 3.8) is 0 Å². The number of nitrogens with one attached hydrogen (secondary N) is 1. The first kappa shape index (κ1) is 19.7. The molecule has 1 aliphatic heterocycles. The van der Waals surface area contributed by atoms with E-state index in [0.717, 1.165) is 24.5 Å². The maximum Gasteiger partial charge on any atom is 0.258 e. The van der Waals surface area contributed by atoms with Gasteiger partial charge in [0.1, 0.15) is 5.75 Å². The highest BCUT2D eigenvalue weighted by atomic mass is 35.5. The number of halogens is 2. The predicted molar refractivity (Wildman–Crippen MR) is 113 cm³/mol. The van der Waals surface area contributed by atoms with Crippen LogP contribution in [-0.2, 0) is 0 Å². The number of carbonyl (C=O) groups is 1. The topological polar surface area (TPSA) is 44.8 Å². The van der Waals surface area contributed by atoms with Gasteiger partial charge in [-0.2, -0.15) is 0 Å². The van der Waals surface area contributed by atoms with E-state index in [0.29, 0.717) is 33.8 Å². The molecule has 0 unspecified atom stereocenters. The molecule has 142 valence electrons. The van der Waals surface area contributed by atoms with Crippen molar-refractivity contribution in [1.29, 1.82) is 0 Å². The van der Waals surface area contributed by atoms with Gasteiger partial charge in [0, 0.05) is 31.2 Å². The Morgan fingerprint density at radius 1 is 1.11 bits per heavy atom. The summed E-state index contributed by atoms with van der Waals surface area (Å²) in [6, 6.07) is 12.7. The standard InChI is InChI=1S/C19H19Cl2N3O2S/c1-26-17-5-3-2-4-16(17)23-8-10-24(11-9-23)19(27)22-18(25)14-7-6-13(20)12-15(14)21/h2-7,12H,8-11H2,1H3,(H,22,25,27). The second-order valence-electron chi connectivity index (χ2n) is 6.03. The number of anilines is 1. The molecule has 5 nitrogen and oxygen atoms in total. The van der Waals surface area contributed by atoms with Crippen molar-refractivity contribution < 1.29 is 9.53 Å². The molecule has 0 radical (unpaired) electrons. The lowest BCUT2D eigenvalue weighted by Gasteiger charge is -2.37. The zero-order chi connectivity index (χ0) is 19.4. The van der Waals surface area contributed by atoms with Gasteiger partial charge in [0.15, 0.2) is 5.11 Å². The van der Waals surface area contributed by atoms with Crippen molar-refractivity contribution in [3.8, 4) is 5.75 Å². The van der Waals surface area contributed by atoms with Crippen molar-refractivity contribution in [3.05, 3.63) is 58.1 Å². The van der Waals surface area contributed by atoms with Crippen LogP contribution < -0.4 is 15.0 Å². The fourth-order valence-electron chi connectivity index (χ4n) is 2.96. The van der Waals surface area contributed by atoms with Crippen LogP contribution in [0.5, 0.6) is 5.75 Å². The number of carbonyl (C=O) groups excluding carboxylic acids is 1. The quantitative estimate of drug-likeness (QED) is 0.759. The Bertz CT molecular complexity index is 855. The molecule has 2 aromatic carbocycles. The van der Waals surface area contributed by atoms with Gasteiger partial charge in [-0.15, -0.1) is 0 Å². The minimum atomic E-state index is -0.339. The van der Waals surface area contributed by atoms with Gasteiger partial charge in [-0.1, -0.05) is 35.3 Å². The van der Waals surface area contributed by atoms with Gasteiger partial charge in [-0.3, -0.25) is 10.1 Å². The fourth-order valence-corrected chi connectivity index (χ4v) is 3.73. The molecule has 1 amide bonds. The molecule has 0 spiro atoms. The molecule has 1 heterocycles. The second-order valence-corrected chi connectivity index (χ2v) is 7.26. The number of ether oxygens (including phenoxy) is 1. The van der Waals surface area contributed by atoms with Crippen LogP contribution in [0.4, 0.5) is 5.69 Å². The molecule has 1 saturated heterocycles. The van der Waals surface area contributed by atoms with E-state index >= 15 is 0 Å². The van der Waals surface area contributed by atoms with Crippen LogP contribution in [0.2, 0.25) is 10.0 Å². The molecule has 3 rings (SSSR count). The summed E-state index contributed by atoms with van der Waals surface area (Å²) in [6.45, 7) is 2.95. The van der Waals surface area contributed by atoms with Gasteiger partial charge in [-0.05, 0) is 42.5 Å². The number of methoxy groups -OCH3 is 1. The average Bonchev–Trinajstić information content (AvgIpc) is 2.68. The number of hydrogen-bond donors (Lipinski definition) is 1. The molecule has 0 aliphatic carbocycles. The summed E-state index contributed by atoms with van der Waals surface area (Å²) in [7, 11) is 1.67. The molecule has 1 fully saturated rings. The number of amides is 1. The van der Waals surface area contributed by atoms with Crippen molar-refractivity contribution in [2.24, 2.45) is 0 Å². The van der Waals surface area contributed by atoms with Crippen molar-refractivity contribution in [2.75, 3.05) is 38.2 Å². The molecule has 2 aromatic rings. The lowest BCUT2D eigenvalue weighted by atomic mass is 10.2. The number of rotatable bonds is 3. The number of benzene rings is 2. The molecule has 0 saturated carbocycles. The molecular weight excluding hydrogens is 405 g/mol. The lowest BCUT2D eigenvalue weighted by Crippen LogP contribution is -2.52. The number of thiocarbonyl (C=S) groups is 1. The van der Waals surface area contributed by atoms with Crippen molar-refractivity contribution in [1.82, 2.24) is 10.2 Å². The maximum absolute atomic E-state index is 12.4. The summed E-state index contributed by atoms with van der Waals surface area (Å²) in [4.78, 5) is 16.6. The van der Waals surface area contributed by atoms with Crippen LogP contribution in [-0.4, -0.2) is 49.2 Å². The molecular formula is C19H19Cl2N3O2S. The van der Waals surface area contributed by atoms with Gasteiger partial charge in [-0.25, -0.2) is 0 Å². The third-order valence-electron chi connectivity index (χ3n) is 4.39. The first-order valence-electron chi connectivity index (χ1n) is 8.43. The number of nitrogens with zero attached hydrogens (tertiary/aromatic N) is 2. The molecule has 0 bridgehead atoms. The molecule has 8 heteroatoms. The highest BCUT2D eigenvalue weighted by Crippen LogP contribution is 2.28. The second kappa shape index (κ2) is 8.78. The largest absolute Gasteiger partial charge is 0.495 e. The Balaban J connectivity index is 1.59. The SMILES string of the molecule is COc1ccccc1N1CCN(C(=S)NC(=O)c2ccc(Cl)cc2Cl)CC1. The van der Waals surface area contributed by atoms with E-state index in [9.17, 15) is 4.79 Å². The number of hydrogen-bond acceptors (Lipinski definition) is 4. The summed E-state index contributed by atoms with van der Waals surface area (Å²) < 4.78 is 5.43. The Hall–Kier alpha value is -2.02. The van der Waals surface area contributed by atoms with Gasteiger partial charge >= 0.3 is 0 Å². The lowest BCUT2D eigenvalue weighted by molar-refractivity contribution is 0.0973. The molecule has 1 aliphatic rings. The van der Waals surface area contributed by atoms with Crippen LogP contribution >= 0.6 is 35.4 Å². The highest BCUT2D eigenvalue weighted by Gasteiger charge is 2.22. The molecule has 0 atom stereocenters. The Kier molecular flexibility index (Phi) is 6.42. The van der Waals surface area contributed by atoms with Gasteiger partial charge in [0.05, 0.1) is 23.4 Å². The number of piperazine rings is 1. The van der Waals surface area contributed by atoms with Crippen molar-refractivity contribution in [2.45, 2.75) is 0 Å². The molecule has 27 heavy (non-hydrogen) atoms. The minimum Gasteiger partial charge on any atom is -0.495 e. The summed E-state index contributed by atoms with van der Waals surface area (Å²) >= 11 is 17.4. The van der Waals surface area contributed by atoms with E-state index in [1.54, 1.807) is 19.2 Å². The summed E-state index contributed by atoms with van der Waals surface area (Å²) in [5.41, 5.74) is 1.40. The average molecular weight is 424 g/mol. The Labute approximate surface area is 173 Å². The van der Waals surface area contributed by atoms with E-state index in [2.05, 4.69) is 10.2 Å². The van der Waals surface area contributed by atoms with Crippen LogP contribution in [0.3, 0.4) is 0 Å². The fraction of sp³-hybridized carbons (Fsp3) is 0.263. The van der Waals surface area contributed by atoms with Crippen LogP contribution in [0.25, 0.3) is 0 Å². The number of para-hydroxylation sites is 2. The van der Waals surface area contributed by atoms with Gasteiger partial charge in [0.25, 0.3) is 5.91 Å². The van der Waals surface area contributed by atoms with E-state index in [-0.39, 0.29) is 5.91 Å². The monoisotopic (exact) mass is 423 g/mol.